The quantitative estimate of drug-likeness (QED) is 0.703. The second kappa shape index (κ2) is 7.99. The van der Waals surface area contributed by atoms with Gasteiger partial charge in [0.2, 0.25) is 0 Å². The summed E-state index contributed by atoms with van der Waals surface area (Å²) in [6.45, 7) is 0.0910. The molecule has 8 nitrogen and oxygen atoms in total. The van der Waals surface area contributed by atoms with Crippen LogP contribution in [0.3, 0.4) is 0 Å². The number of methoxy groups -OCH3 is 2. The Morgan fingerprint density at radius 1 is 1.04 bits per heavy atom. The highest BCUT2D eigenvalue weighted by Gasteiger charge is 2.55. The average Bonchev–Trinajstić information content (AvgIpc) is 3.00. The van der Waals surface area contributed by atoms with E-state index in [1.807, 2.05) is 11.4 Å². The van der Waals surface area contributed by atoms with Crippen LogP contribution in [0.25, 0.3) is 0 Å². The number of hydrogen-bond donors (Lipinski definition) is 2. The van der Waals surface area contributed by atoms with Crippen LogP contribution in [0.5, 0.6) is 11.5 Å². The van der Waals surface area contributed by atoms with Crippen LogP contribution in [0.2, 0.25) is 0 Å². The fraction of sp³-hybridized carbons (Fsp3) is 0.250. The second-order valence-corrected chi connectivity index (χ2v) is 6.24. The molecule has 1 heterocycles. The number of nitrogens with one attached hydrogen (secondary N) is 2. The van der Waals surface area contributed by atoms with Crippen molar-refractivity contribution in [3.63, 3.8) is 0 Å². The van der Waals surface area contributed by atoms with E-state index in [-0.39, 0.29) is 13.0 Å². The van der Waals surface area contributed by atoms with Crippen molar-refractivity contribution in [3.8, 4) is 11.5 Å². The largest absolute Gasteiger partial charge is 0.497 e. The molecule has 8 heteroatoms. The SMILES string of the molecule is COc1cc(CNC(=O)[C@@]2(Cc3ccccc3)OC(=O)NC2=O)cc(OC)c1. The predicted molar refractivity (Wildman–Crippen MR) is 98.9 cm³/mol. The smallest absolute Gasteiger partial charge is 0.415 e. The third kappa shape index (κ3) is 3.90. The highest BCUT2D eigenvalue weighted by Crippen LogP contribution is 2.25. The van der Waals surface area contributed by atoms with Crippen molar-refractivity contribution in [2.45, 2.75) is 18.6 Å². The zero-order valence-electron chi connectivity index (χ0n) is 15.5. The van der Waals surface area contributed by atoms with Crippen LogP contribution in [0, 0.1) is 0 Å². The first-order valence-corrected chi connectivity index (χ1v) is 8.55. The predicted octanol–water partition coefficient (Wildman–Crippen LogP) is 1.57. The number of ether oxygens (including phenoxy) is 3. The molecule has 1 atom stereocenters. The Kier molecular flexibility index (Phi) is 5.49. The van der Waals surface area contributed by atoms with Gasteiger partial charge in [-0.05, 0) is 23.3 Å². The lowest BCUT2D eigenvalue weighted by Gasteiger charge is -2.23. The van der Waals surface area contributed by atoms with Crippen LogP contribution in [-0.4, -0.2) is 37.7 Å². The zero-order valence-corrected chi connectivity index (χ0v) is 15.5. The lowest BCUT2D eigenvalue weighted by Crippen LogP contribution is -2.54. The molecule has 1 aliphatic heterocycles. The summed E-state index contributed by atoms with van der Waals surface area (Å²) >= 11 is 0. The molecule has 2 aromatic rings. The Hall–Kier alpha value is -3.55. The molecule has 146 valence electrons. The number of carbonyl (C=O) groups is 3. The number of carbonyl (C=O) groups excluding carboxylic acids is 3. The number of alkyl carbamates (subject to hydrolysis) is 1. The molecule has 0 bridgehead atoms. The lowest BCUT2D eigenvalue weighted by molar-refractivity contribution is -0.147. The van der Waals surface area contributed by atoms with E-state index < -0.39 is 23.5 Å². The Balaban J connectivity index is 1.81. The fourth-order valence-electron chi connectivity index (χ4n) is 2.95. The van der Waals surface area contributed by atoms with Crippen LogP contribution in [0.15, 0.2) is 48.5 Å². The number of cyclic esters (lactones) is 1. The summed E-state index contributed by atoms with van der Waals surface area (Å²) in [5.41, 5.74) is -0.573. The second-order valence-electron chi connectivity index (χ2n) is 6.24. The van der Waals surface area contributed by atoms with E-state index in [1.165, 1.54) is 14.2 Å². The number of rotatable bonds is 7. The summed E-state index contributed by atoms with van der Waals surface area (Å²) in [5, 5.41) is 4.71. The number of imide groups is 1. The zero-order chi connectivity index (χ0) is 20.1. The first kappa shape index (κ1) is 19.2. The molecule has 3 amide bonds. The molecular formula is C20H20N2O6. The highest BCUT2D eigenvalue weighted by atomic mass is 16.6. The van der Waals surface area contributed by atoms with Gasteiger partial charge in [0.05, 0.1) is 14.2 Å². The standard InChI is InChI=1S/C20H20N2O6/c1-26-15-8-14(9-16(10-15)27-2)12-21-17(23)20(18(24)22-19(25)28-20)11-13-6-4-3-5-7-13/h3-10H,11-12H2,1-2H3,(H,21,23)(H,22,24,25)/t20-/m1/s1. The molecule has 2 N–H and O–H groups in total. The van der Waals surface area contributed by atoms with Gasteiger partial charge in [0.15, 0.2) is 0 Å². The number of hydrogen-bond acceptors (Lipinski definition) is 6. The van der Waals surface area contributed by atoms with Crippen molar-refractivity contribution >= 4 is 17.9 Å². The molecule has 1 fully saturated rings. The molecule has 0 radical (unpaired) electrons. The average molecular weight is 384 g/mol. The Bertz CT molecular complexity index is 877. The minimum Gasteiger partial charge on any atom is -0.497 e. The van der Waals surface area contributed by atoms with Gasteiger partial charge in [0.25, 0.3) is 17.4 Å². The van der Waals surface area contributed by atoms with E-state index in [0.717, 1.165) is 0 Å². The third-order valence-electron chi connectivity index (χ3n) is 4.38. The topological polar surface area (TPSA) is 103 Å². The summed E-state index contributed by atoms with van der Waals surface area (Å²) in [7, 11) is 3.04. The van der Waals surface area contributed by atoms with Crippen LogP contribution in [-0.2, 0) is 27.3 Å². The summed E-state index contributed by atoms with van der Waals surface area (Å²) in [6.07, 6.45) is -1.02. The van der Waals surface area contributed by atoms with E-state index in [0.29, 0.717) is 22.6 Å². The first-order chi connectivity index (χ1) is 13.5. The van der Waals surface area contributed by atoms with Gasteiger partial charge in [0.1, 0.15) is 11.5 Å². The minimum atomic E-state index is -1.96. The van der Waals surface area contributed by atoms with Gasteiger partial charge in [-0.25, -0.2) is 4.79 Å². The lowest BCUT2D eigenvalue weighted by atomic mass is 9.92. The highest BCUT2D eigenvalue weighted by molar-refractivity contribution is 6.17. The van der Waals surface area contributed by atoms with Crippen molar-refractivity contribution in [3.05, 3.63) is 59.7 Å². The molecular weight excluding hydrogens is 364 g/mol. The minimum absolute atomic E-state index is 0.0708. The van der Waals surface area contributed by atoms with Gasteiger partial charge in [-0.3, -0.25) is 14.9 Å². The maximum absolute atomic E-state index is 12.9. The molecule has 3 rings (SSSR count). The summed E-state index contributed by atoms with van der Waals surface area (Å²) < 4.78 is 15.6. The van der Waals surface area contributed by atoms with E-state index >= 15 is 0 Å². The molecule has 28 heavy (non-hydrogen) atoms. The van der Waals surface area contributed by atoms with Crippen molar-refractivity contribution in [1.29, 1.82) is 0 Å². The molecule has 0 aromatic heterocycles. The van der Waals surface area contributed by atoms with Gasteiger partial charge < -0.3 is 19.5 Å². The van der Waals surface area contributed by atoms with Crippen LogP contribution in [0.4, 0.5) is 4.79 Å². The molecule has 0 aliphatic carbocycles. The van der Waals surface area contributed by atoms with Gasteiger partial charge in [-0.15, -0.1) is 0 Å². The Labute approximate surface area is 161 Å². The van der Waals surface area contributed by atoms with E-state index in [2.05, 4.69) is 5.32 Å². The first-order valence-electron chi connectivity index (χ1n) is 8.55. The number of amides is 3. The molecule has 1 saturated heterocycles. The van der Waals surface area contributed by atoms with Gasteiger partial charge >= 0.3 is 6.09 Å². The van der Waals surface area contributed by atoms with E-state index in [4.69, 9.17) is 14.2 Å². The monoisotopic (exact) mass is 384 g/mol. The van der Waals surface area contributed by atoms with Gasteiger partial charge in [-0.2, -0.15) is 0 Å². The molecule has 2 aromatic carbocycles. The van der Waals surface area contributed by atoms with Crippen LogP contribution < -0.4 is 20.1 Å². The fourth-order valence-corrected chi connectivity index (χ4v) is 2.95. The third-order valence-corrected chi connectivity index (χ3v) is 4.38. The summed E-state index contributed by atoms with van der Waals surface area (Å²) in [4.78, 5) is 36.9. The Morgan fingerprint density at radius 3 is 2.21 bits per heavy atom. The molecule has 0 spiro atoms. The summed E-state index contributed by atoms with van der Waals surface area (Å²) in [6, 6.07) is 14.0. The van der Waals surface area contributed by atoms with Crippen LogP contribution >= 0.6 is 0 Å². The summed E-state index contributed by atoms with van der Waals surface area (Å²) in [5.74, 6) is -0.371. The maximum atomic E-state index is 12.9. The van der Waals surface area contributed by atoms with Gasteiger partial charge in [0, 0.05) is 19.0 Å². The van der Waals surface area contributed by atoms with Crippen molar-refractivity contribution in [2.24, 2.45) is 0 Å². The maximum Gasteiger partial charge on any atom is 0.415 e. The van der Waals surface area contributed by atoms with Crippen LogP contribution in [0.1, 0.15) is 11.1 Å². The van der Waals surface area contributed by atoms with E-state index in [1.54, 1.807) is 42.5 Å². The molecule has 1 aliphatic rings. The van der Waals surface area contributed by atoms with E-state index in [9.17, 15) is 14.4 Å². The van der Waals surface area contributed by atoms with Crippen molar-refractivity contribution < 1.29 is 28.6 Å². The van der Waals surface area contributed by atoms with Gasteiger partial charge in [-0.1, -0.05) is 30.3 Å². The normalized spacial score (nSPS) is 18.2. The molecule has 0 saturated carbocycles. The van der Waals surface area contributed by atoms with Crippen molar-refractivity contribution in [1.82, 2.24) is 10.6 Å². The molecule has 0 unspecified atom stereocenters. The van der Waals surface area contributed by atoms with Crippen molar-refractivity contribution in [2.75, 3.05) is 14.2 Å². The number of benzene rings is 2. The Morgan fingerprint density at radius 2 is 1.68 bits per heavy atom.